The van der Waals surface area contributed by atoms with E-state index >= 15 is 0 Å². The molecule has 2 aliphatic rings. The number of thioether (sulfide) groups is 1. The summed E-state index contributed by atoms with van der Waals surface area (Å²) in [7, 11) is 3.63. The van der Waals surface area contributed by atoms with Gasteiger partial charge in [0.05, 0.1) is 5.56 Å². The molecule has 0 bridgehead atoms. The van der Waals surface area contributed by atoms with Crippen LogP contribution in [0, 0.1) is 5.92 Å². The van der Waals surface area contributed by atoms with E-state index in [1.54, 1.807) is 43.2 Å². The van der Waals surface area contributed by atoms with Gasteiger partial charge in [0, 0.05) is 43.7 Å². The van der Waals surface area contributed by atoms with Gasteiger partial charge in [0.2, 0.25) is 0 Å². The van der Waals surface area contributed by atoms with Gasteiger partial charge in [-0.1, -0.05) is 23.9 Å². The minimum Gasteiger partial charge on any atom is -0.319 e. The smallest absolute Gasteiger partial charge is 0.319 e. The first-order valence-electron chi connectivity index (χ1n) is 12.3. The Morgan fingerprint density at radius 3 is 2.58 bits per heavy atom. The highest BCUT2D eigenvalue weighted by molar-refractivity contribution is 7.99. The molecule has 1 aromatic carbocycles. The summed E-state index contributed by atoms with van der Waals surface area (Å²) in [6.07, 6.45) is 1.71. The number of aromatic nitrogens is 4. The largest absolute Gasteiger partial charge is 0.416 e. The van der Waals surface area contributed by atoms with Crippen LogP contribution in [0.15, 0.2) is 52.5 Å². The van der Waals surface area contributed by atoms with Crippen LogP contribution in [0.25, 0.3) is 11.4 Å². The number of aryl methyl sites for hydroxylation is 1. The second kappa shape index (κ2) is 10.0. The third-order valence-corrected chi connectivity index (χ3v) is 8.75. The number of rotatable bonds is 7. The van der Waals surface area contributed by atoms with Gasteiger partial charge in [-0.3, -0.25) is 4.79 Å². The lowest BCUT2D eigenvalue weighted by Crippen LogP contribution is -2.31. The molecule has 1 aliphatic carbocycles. The van der Waals surface area contributed by atoms with Crippen molar-refractivity contribution in [3.8, 4) is 11.4 Å². The van der Waals surface area contributed by atoms with Crippen LogP contribution in [0.3, 0.4) is 0 Å². The molecule has 1 saturated carbocycles. The number of likely N-dealkylation sites (tertiary alicyclic amines) is 1. The SMILES string of the molecule is Cn1c(SCCCN2CC[C@@H]3C[C@H](c4ccc(C(F)(F)F)cc4)CC32)nnc1-c1ccn(C)c(=O)c1. The first-order chi connectivity index (χ1) is 17.2. The summed E-state index contributed by atoms with van der Waals surface area (Å²) in [4.78, 5) is 14.5. The molecule has 36 heavy (non-hydrogen) atoms. The Bertz CT molecular complexity index is 1270. The molecule has 3 heterocycles. The van der Waals surface area contributed by atoms with Crippen molar-refractivity contribution in [1.82, 2.24) is 24.2 Å². The van der Waals surface area contributed by atoms with Crippen molar-refractivity contribution >= 4 is 11.8 Å². The van der Waals surface area contributed by atoms with Crippen LogP contribution in [-0.2, 0) is 20.3 Å². The first kappa shape index (κ1) is 25.1. The second-order valence-electron chi connectivity index (χ2n) is 9.87. The monoisotopic (exact) mass is 517 g/mol. The van der Waals surface area contributed by atoms with Crippen molar-refractivity contribution in [1.29, 1.82) is 0 Å². The molecule has 6 nitrogen and oxygen atoms in total. The number of alkyl halides is 3. The molecular formula is C26H30F3N5OS. The highest BCUT2D eigenvalue weighted by Crippen LogP contribution is 2.46. The summed E-state index contributed by atoms with van der Waals surface area (Å²) in [5, 5.41) is 9.43. The van der Waals surface area contributed by atoms with Gasteiger partial charge >= 0.3 is 6.18 Å². The number of halogens is 3. The lowest BCUT2D eigenvalue weighted by Gasteiger charge is -2.24. The average Bonchev–Trinajstić information content (AvgIpc) is 3.53. The zero-order valence-corrected chi connectivity index (χ0v) is 21.2. The third kappa shape index (κ3) is 5.11. The molecule has 1 aliphatic heterocycles. The van der Waals surface area contributed by atoms with E-state index < -0.39 is 11.7 Å². The molecule has 192 valence electrons. The predicted molar refractivity (Wildman–Crippen MR) is 134 cm³/mol. The van der Waals surface area contributed by atoms with Crippen LogP contribution in [0.1, 0.15) is 42.7 Å². The molecule has 2 fully saturated rings. The van der Waals surface area contributed by atoms with Crippen LogP contribution in [0.4, 0.5) is 13.2 Å². The van der Waals surface area contributed by atoms with Crippen molar-refractivity contribution in [2.24, 2.45) is 20.0 Å². The molecule has 2 aromatic heterocycles. The number of benzene rings is 1. The first-order valence-corrected chi connectivity index (χ1v) is 13.3. The van der Waals surface area contributed by atoms with Gasteiger partial charge in [0.25, 0.3) is 5.56 Å². The topological polar surface area (TPSA) is 56.0 Å². The van der Waals surface area contributed by atoms with E-state index in [2.05, 4.69) is 15.1 Å². The molecule has 1 saturated heterocycles. The van der Waals surface area contributed by atoms with Crippen molar-refractivity contribution in [3.05, 3.63) is 64.1 Å². The highest BCUT2D eigenvalue weighted by Gasteiger charge is 2.42. The minimum absolute atomic E-state index is 0.0823. The van der Waals surface area contributed by atoms with Gasteiger partial charge in [-0.15, -0.1) is 10.2 Å². The lowest BCUT2D eigenvalue weighted by atomic mass is 9.94. The van der Waals surface area contributed by atoms with Crippen LogP contribution in [-0.4, -0.2) is 49.1 Å². The van der Waals surface area contributed by atoms with Crippen molar-refractivity contribution in [2.75, 3.05) is 18.8 Å². The Hall–Kier alpha value is -2.59. The zero-order chi connectivity index (χ0) is 25.4. The maximum absolute atomic E-state index is 12.9. The van der Waals surface area contributed by atoms with E-state index in [0.717, 1.165) is 60.8 Å². The summed E-state index contributed by atoms with van der Waals surface area (Å²) >= 11 is 1.67. The van der Waals surface area contributed by atoms with Crippen LogP contribution < -0.4 is 5.56 Å². The molecule has 5 rings (SSSR count). The Balaban J connectivity index is 1.12. The van der Waals surface area contributed by atoms with E-state index in [0.29, 0.717) is 23.7 Å². The lowest BCUT2D eigenvalue weighted by molar-refractivity contribution is -0.137. The fourth-order valence-electron chi connectivity index (χ4n) is 5.66. The molecule has 0 N–H and O–H groups in total. The van der Waals surface area contributed by atoms with Crippen molar-refractivity contribution < 1.29 is 13.2 Å². The number of hydrogen-bond donors (Lipinski definition) is 0. The second-order valence-corrected chi connectivity index (χ2v) is 10.9. The highest BCUT2D eigenvalue weighted by atomic mass is 32.2. The summed E-state index contributed by atoms with van der Waals surface area (Å²) in [6.45, 7) is 2.10. The standard InChI is InChI=1S/C26H30F3N5OS/c1-32-11-8-19(16-23(32)35)24-30-31-25(33(24)2)36-13-3-10-34-12-9-18-14-20(15-22(18)34)17-4-6-21(7-5-17)26(27,28)29/h4-8,11,16,18,20,22H,3,9-10,12-15H2,1-2H3/t18-,20+,22?/m1/s1. The summed E-state index contributed by atoms with van der Waals surface area (Å²) in [5.41, 5.74) is 1.13. The Labute approximate surface area is 212 Å². The van der Waals surface area contributed by atoms with Crippen LogP contribution >= 0.6 is 11.8 Å². The molecule has 1 unspecified atom stereocenters. The van der Waals surface area contributed by atoms with E-state index in [1.165, 1.54) is 16.7 Å². The quantitative estimate of drug-likeness (QED) is 0.328. The average molecular weight is 518 g/mol. The van der Waals surface area contributed by atoms with Crippen molar-refractivity contribution in [2.45, 2.75) is 49.0 Å². The number of nitrogens with zero attached hydrogens (tertiary/aromatic N) is 5. The zero-order valence-electron chi connectivity index (χ0n) is 20.4. The third-order valence-electron chi connectivity index (χ3n) is 7.64. The number of pyridine rings is 1. The Morgan fingerprint density at radius 2 is 1.86 bits per heavy atom. The summed E-state index contributed by atoms with van der Waals surface area (Å²) in [5.74, 6) is 2.56. The maximum atomic E-state index is 12.9. The van der Waals surface area contributed by atoms with Gasteiger partial charge in [0.1, 0.15) is 0 Å². The fourth-order valence-corrected chi connectivity index (χ4v) is 6.50. The normalized spacial score (nSPS) is 22.3. The van der Waals surface area contributed by atoms with Crippen LogP contribution in [0.5, 0.6) is 0 Å². The molecule has 3 aromatic rings. The predicted octanol–water partition coefficient (Wildman–Crippen LogP) is 4.95. The Morgan fingerprint density at radius 1 is 1.08 bits per heavy atom. The van der Waals surface area contributed by atoms with Crippen molar-refractivity contribution in [3.63, 3.8) is 0 Å². The molecule has 3 atom stereocenters. The van der Waals surface area contributed by atoms with E-state index in [4.69, 9.17) is 0 Å². The summed E-state index contributed by atoms with van der Waals surface area (Å²) in [6, 6.07) is 9.71. The maximum Gasteiger partial charge on any atom is 0.416 e. The van der Waals surface area contributed by atoms with Gasteiger partial charge in [0.15, 0.2) is 11.0 Å². The van der Waals surface area contributed by atoms with Gasteiger partial charge < -0.3 is 14.0 Å². The minimum atomic E-state index is -4.29. The van der Waals surface area contributed by atoms with E-state index in [-0.39, 0.29) is 5.56 Å². The molecular weight excluding hydrogens is 487 g/mol. The number of hydrogen-bond acceptors (Lipinski definition) is 5. The molecule has 0 amide bonds. The molecule has 0 spiro atoms. The fraction of sp³-hybridized carbons (Fsp3) is 0.500. The van der Waals surface area contributed by atoms with Gasteiger partial charge in [-0.25, -0.2) is 0 Å². The Kier molecular flexibility index (Phi) is 7.00. The van der Waals surface area contributed by atoms with E-state index in [9.17, 15) is 18.0 Å². The molecule has 10 heteroatoms. The van der Waals surface area contributed by atoms with Gasteiger partial charge in [-0.2, -0.15) is 13.2 Å². The van der Waals surface area contributed by atoms with Gasteiger partial charge in [-0.05, 0) is 74.4 Å². The summed E-state index contributed by atoms with van der Waals surface area (Å²) < 4.78 is 42.1. The van der Waals surface area contributed by atoms with Crippen LogP contribution in [0.2, 0.25) is 0 Å². The molecule has 0 radical (unpaired) electrons. The van der Waals surface area contributed by atoms with E-state index in [1.807, 2.05) is 17.7 Å². The number of fused-ring (bicyclic) bond motifs is 1.